The summed E-state index contributed by atoms with van der Waals surface area (Å²) in [6, 6.07) is 1.86. The number of aromatic nitrogens is 4. The van der Waals surface area contributed by atoms with E-state index in [-0.39, 0.29) is 5.82 Å². The maximum absolute atomic E-state index is 13.6. The van der Waals surface area contributed by atoms with Gasteiger partial charge in [0.2, 0.25) is 5.95 Å². The van der Waals surface area contributed by atoms with E-state index in [9.17, 15) is 4.39 Å². The first kappa shape index (κ1) is 13.3. The molecule has 2 aromatic heterocycles. The van der Waals surface area contributed by atoms with Crippen molar-refractivity contribution in [3.8, 4) is 0 Å². The normalized spacial score (nSPS) is 10.5. The number of halogens is 1. The number of hydrogen-bond acceptors (Lipinski definition) is 5. The Bertz CT molecular complexity index is 539. The lowest BCUT2D eigenvalue weighted by molar-refractivity contribution is 0.616. The molecule has 0 aromatic carbocycles. The number of aryl methyl sites for hydroxylation is 1. The molecule has 0 saturated heterocycles. The molecule has 0 spiro atoms. The minimum Gasteiger partial charge on any atom is -0.362 e. The van der Waals surface area contributed by atoms with Crippen molar-refractivity contribution in [1.82, 2.24) is 19.7 Å². The topological polar surface area (TPSA) is 67.7 Å². The van der Waals surface area contributed by atoms with Gasteiger partial charge >= 0.3 is 0 Å². The van der Waals surface area contributed by atoms with Gasteiger partial charge in [-0.1, -0.05) is 6.92 Å². The number of rotatable bonds is 6. The molecule has 0 aliphatic rings. The summed E-state index contributed by atoms with van der Waals surface area (Å²) in [5.74, 6) is 0.148. The van der Waals surface area contributed by atoms with Crippen LogP contribution in [0.25, 0.3) is 0 Å². The lowest BCUT2D eigenvalue weighted by atomic mass is 10.4. The fraction of sp³-hybridized carbons (Fsp3) is 0.417. The highest BCUT2D eigenvalue weighted by atomic mass is 19.1. The Labute approximate surface area is 111 Å². The third kappa shape index (κ3) is 3.40. The second-order valence-corrected chi connectivity index (χ2v) is 4.12. The van der Waals surface area contributed by atoms with Crippen molar-refractivity contribution in [2.75, 3.05) is 17.2 Å². The van der Waals surface area contributed by atoms with Gasteiger partial charge in [-0.15, -0.1) is 0 Å². The standard InChI is InChI=1S/C12H17FN6/c1-3-5-14-12-16-8-10(13)11(18-12)15-7-9-4-6-17-19(9)2/h4,6,8H,3,5,7H2,1-2H3,(H2,14,15,16,18). The van der Waals surface area contributed by atoms with Crippen molar-refractivity contribution in [1.29, 1.82) is 0 Å². The summed E-state index contributed by atoms with van der Waals surface area (Å²) in [6.07, 6.45) is 3.82. The quantitative estimate of drug-likeness (QED) is 0.832. The van der Waals surface area contributed by atoms with Gasteiger partial charge in [0.05, 0.1) is 18.4 Å². The highest BCUT2D eigenvalue weighted by Crippen LogP contribution is 2.13. The summed E-state index contributed by atoms with van der Waals surface area (Å²) in [7, 11) is 1.83. The molecule has 2 heterocycles. The highest BCUT2D eigenvalue weighted by molar-refractivity contribution is 5.41. The van der Waals surface area contributed by atoms with Gasteiger partial charge in [-0.3, -0.25) is 4.68 Å². The van der Waals surface area contributed by atoms with Crippen molar-refractivity contribution >= 4 is 11.8 Å². The Kier molecular flexibility index (Phi) is 4.27. The van der Waals surface area contributed by atoms with Gasteiger partial charge in [0.15, 0.2) is 11.6 Å². The van der Waals surface area contributed by atoms with Crippen LogP contribution in [0.15, 0.2) is 18.5 Å². The fourth-order valence-electron chi connectivity index (χ4n) is 1.56. The minimum atomic E-state index is -0.468. The maximum Gasteiger partial charge on any atom is 0.224 e. The molecule has 0 aliphatic heterocycles. The smallest absolute Gasteiger partial charge is 0.224 e. The summed E-state index contributed by atoms with van der Waals surface area (Å²) >= 11 is 0. The van der Waals surface area contributed by atoms with Crippen molar-refractivity contribution < 1.29 is 4.39 Å². The second-order valence-electron chi connectivity index (χ2n) is 4.12. The van der Waals surface area contributed by atoms with E-state index in [1.165, 1.54) is 0 Å². The Hall–Kier alpha value is -2.18. The number of nitrogens with zero attached hydrogens (tertiary/aromatic N) is 4. The van der Waals surface area contributed by atoms with Crippen LogP contribution in [0.1, 0.15) is 19.0 Å². The largest absolute Gasteiger partial charge is 0.362 e. The molecule has 0 amide bonds. The minimum absolute atomic E-state index is 0.190. The molecule has 0 bridgehead atoms. The molecule has 2 rings (SSSR count). The molecule has 0 aliphatic carbocycles. The van der Waals surface area contributed by atoms with E-state index in [2.05, 4.69) is 25.7 Å². The van der Waals surface area contributed by atoms with Gasteiger partial charge in [-0.25, -0.2) is 9.37 Å². The zero-order valence-electron chi connectivity index (χ0n) is 11.0. The molecule has 7 heteroatoms. The molecule has 2 aromatic rings. The van der Waals surface area contributed by atoms with E-state index in [1.807, 2.05) is 20.0 Å². The average molecular weight is 264 g/mol. The summed E-state index contributed by atoms with van der Waals surface area (Å²) in [6.45, 7) is 3.25. The Morgan fingerprint density at radius 1 is 1.37 bits per heavy atom. The lowest BCUT2D eigenvalue weighted by Crippen LogP contribution is -2.11. The number of hydrogen-bond donors (Lipinski definition) is 2. The van der Waals surface area contributed by atoms with E-state index in [0.717, 1.165) is 24.9 Å². The van der Waals surface area contributed by atoms with Gasteiger partial charge in [-0.2, -0.15) is 10.1 Å². The lowest BCUT2D eigenvalue weighted by Gasteiger charge is -2.09. The fourth-order valence-corrected chi connectivity index (χ4v) is 1.56. The summed E-state index contributed by atoms with van der Waals surface area (Å²) in [5, 5.41) is 10.0. The SMILES string of the molecule is CCCNc1ncc(F)c(NCc2ccnn2C)n1. The van der Waals surface area contributed by atoms with Gasteiger partial charge < -0.3 is 10.6 Å². The first-order valence-corrected chi connectivity index (χ1v) is 6.18. The Morgan fingerprint density at radius 2 is 2.21 bits per heavy atom. The summed E-state index contributed by atoms with van der Waals surface area (Å²) < 4.78 is 15.3. The monoisotopic (exact) mass is 264 g/mol. The van der Waals surface area contributed by atoms with Crippen molar-refractivity contribution in [2.24, 2.45) is 7.05 Å². The van der Waals surface area contributed by atoms with Crippen LogP contribution >= 0.6 is 0 Å². The van der Waals surface area contributed by atoms with Crippen LogP contribution in [0.2, 0.25) is 0 Å². The molecular weight excluding hydrogens is 247 g/mol. The third-order valence-electron chi connectivity index (χ3n) is 2.64. The van der Waals surface area contributed by atoms with E-state index in [0.29, 0.717) is 12.5 Å². The van der Waals surface area contributed by atoms with E-state index >= 15 is 0 Å². The molecule has 0 unspecified atom stereocenters. The maximum atomic E-state index is 13.6. The van der Waals surface area contributed by atoms with E-state index < -0.39 is 5.82 Å². The van der Waals surface area contributed by atoms with Crippen molar-refractivity contribution in [3.05, 3.63) is 30.0 Å². The number of anilines is 2. The van der Waals surface area contributed by atoms with Crippen LogP contribution in [-0.4, -0.2) is 26.3 Å². The molecule has 0 radical (unpaired) electrons. The predicted octanol–water partition coefficient (Wildman–Crippen LogP) is 1.78. The Morgan fingerprint density at radius 3 is 2.89 bits per heavy atom. The first-order valence-electron chi connectivity index (χ1n) is 6.18. The van der Waals surface area contributed by atoms with Crippen LogP contribution in [0.5, 0.6) is 0 Å². The molecule has 0 atom stereocenters. The van der Waals surface area contributed by atoms with Crippen LogP contribution in [0.3, 0.4) is 0 Å². The molecular formula is C12H17FN6. The van der Waals surface area contributed by atoms with E-state index in [1.54, 1.807) is 10.9 Å². The molecule has 0 fully saturated rings. The van der Waals surface area contributed by atoms with Gasteiger partial charge in [0, 0.05) is 19.8 Å². The average Bonchev–Trinajstić information content (AvgIpc) is 2.82. The molecule has 6 nitrogen and oxygen atoms in total. The first-order chi connectivity index (χ1) is 9.20. The Balaban J connectivity index is 2.04. The van der Waals surface area contributed by atoms with Crippen molar-refractivity contribution in [3.63, 3.8) is 0 Å². The molecule has 19 heavy (non-hydrogen) atoms. The van der Waals surface area contributed by atoms with Crippen LogP contribution in [-0.2, 0) is 13.6 Å². The van der Waals surface area contributed by atoms with Gasteiger partial charge in [0.25, 0.3) is 0 Å². The van der Waals surface area contributed by atoms with E-state index in [4.69, 9.17) is 0 Å². The molecule has 102 valence electrons. The number of nitrogens with one attached hydrogen (secondary N) is 2. The van der Waals surface area contributed by atoms with Crippen LogP contribution in [0, 0.1) is 5.82 Å². The van der Waals surface area contributed by atoms with Crippen LogP contribution < -0.4 is 10.6 Å². The summed E-state index contributed by atoms with van der Waals surface area (Å²) in [4.78, 5) is 7.99. The predicted molar refractivity (Wildman–Crippen MR) is 71.3 cm³/mol. The van der Waals surface area contributed by atoms with Gasteiger partial charge in [-0.05, 0) is 12.5 Å². The van der Waals surface area contributed by atoms with Gasteiger partial charge in [0.1, 0.15) is 0 Å². The molecule has 2 N–H and O–H groups in total. The zero-order chi connectivity index (χ0) is 13.7. The summed E-state index contributed by atoms with van der Waals surface area (Å²) in [5.41, 5.74) is 0.945. The van der Waals surface area contributed by atoms with Crippen LogP contribution in [0.4, 0.5) is 16.2 Å². The molecule has 0 saturated carbocycles. The highest BCUT2D eigenvalue weighted by Gasteiger charge is 2.07. The zero-order valence-corrected chi connectivity index (χ0v) is 11.0. The third-order valence-corrected chi connectivity index (χ3v) is 2.64. The second kappa shape index (κ2) is 6.12. The van der Waals surface area contributed by atoms with Crippen molar-refractivity contribution in [2.45, 2.75) is 19.9 Å².